The van der Waals surface area contributed by atoms with E-state index in [1.807, 2.05) is 77.9 Å². The fourth-order valence-electron chi connectivity index (χ4n) is 3.55. The molecule has 0 unspecified atom stereocenters. The van der Waals surface area contributed by atoms with Gasteiger partial charge in [-0.25, -0.2) is 0 Å². The molecule has 0 spiro atoms. The summed E-state index contributed by atoms with van der Waals surface area (Å²) in [5.41, 5.74) is 4.27. The molecule has 2 aromatic rings. The van der Waals surface area contributed by atoms with Crippen LogP contribution in [0.4, 0.5) is 0 Å². The molecule has 30 heavy (non-hydrogen) atoms. The quantitative estimate of drug-likeness (QED) is 0.670. The average molecular weight is 411 g/mol. The molecule has 5 nitrogen and oxygen atoms in total. The van der Waals surface area contributed by atoms with Crippen LogP contribution in [0.1, 0.15) is 49.4 Å². The summed E-state index contributed by atoms with van der Waals surface area (Å²) in [7, 11) is 0. The second-order valence-electron chi connectivity index (χ2n) is 8.21. The predicted octanol–water partition coefficient (Wildman–Crippen LogP) is 4.32. The lowest BCUT2D eigenvalue weighted by molar-refractivity contribution is -0.143. The number of carbonyl (C=O) groups is 2. The lowest BCUT2D eigenvalue weighted by Gasteiger charge is -2.31. The minimum Gasteiger partial charge on any atom is -0.484 e. The van der Waals surface area contributed by atoms with Crippen molar-refractivity contribution in [1.29, 1.82) is 0 Å². The van der Waals surface area contributed by atoms with Crippen LogP contribution in [0.5, 0.6) is 5.75 Å². The van der Waals surface area contributed by atoms with E-state index in [1.165, 1.54) is 0 Å². The number of hydrogen-bond donors (Lipinski definition) is 1. The molecule has 0 saturated heterocycles. The smallest absolute Gasteiger partial charge is 0.261 e. The van der Waals surface area contributed by atoms with Crippen LogP contribution < -0.4 is 10.1 Å². The maximum atomic E-state index is 13.2. The number of hydrogen-bond acceptors (Lipinski definition) is 3. The first-order chi connectivity index (χ1) is 14.2. The Morgan fingerprint density at radius 3 is 2.23 bits per heavy atom. The van der Waals surface area contributed by atoms with Crippen molar-refractivity contribution in [3.63, 3.8) is 0 Å². The van der Waals surface area contributed by atoms with Gasteiger partial charge in [0.25, 0.3) is 5.91 Å². The van der Waals surface area contributed by atoms with Gasteiger partial charge in [-0.2, -0.15) is 0 Å². The normalized spacial score (nSPS) is 11.8. The van der Waals surface area contributed by atoms with E-state index in [4.69, 9.17) is 4.74 Å². The maximum absolute atomic E-state index is 13.2. The van der Waals surface area contributed by atoms with Crippen molar-refractivity contribution >= 4 is 11.8 Å². The van der Waals surface area contributed by atoms with Gasteiger partial charge in [-0.15, -0.1) is 0 Å². The third-order valence-corrected chi connectivity index (χ3v) is 4.81. The summed E-state index contributed by atoms with van der Waals surface area (Å²) < 4.78 is 5.80. The molecule has 2 aromatic carbocycles. The van der Waals surface area contributed by atoms with Gasteiger partial charge in [-0.3, -0.25) is 9.59 Å². The molecule has 0 heterocycles. The lowest BCUT2D eigenvalue weighted by atomic mass is 10.1. The van der Waals surface area contributed by atoms with Crippen molar-refractivity contribution in [3.05, 3.63) is 64.7 Å². The molecule has 0 aromatic heterocycles. The van der Waals surface area contributed by atoms with Gasteiger partial charge in [0.05, 0.1) is 0 Å². The summed E-state index contributed by atoms with van der Waals surface area (Å²) >= 11 is 0. The summed E-state index contributed by atoms with van der Waals surface area (Å²) in [5, 5.41) is 2.94. The van der Waals surface area contributed by atoms with E-state index in [1.54, 1.807) is 4.90 Å². The van der Waals surface area contributed by atoms with Crippen LogP contribution in [0, 0.1) is 20.8 Å². The van der Waals surface area contributed by atoms with Crippen LogP contribution in [0.3, 0.4) is 0 Å². The molecule has 0 bridgehead atoms. The van der Waals surface area contributed by atoms with Crippen molar-refractivity contribution in [3.8, 4) is 5.75 Å². The minimum atomic E-state index is -0.553. The van der Waals surface area contributed by atoms with Crippen LogP contribution in [0.2, 0.25) is 0 Å². The Hall–Kier alpha value is -2.82. The summed E-state index contributed by atoms with van der Waals surface area (Å²) in [5.74, 6) is 0.317. The Labute approximate surface area is 180 Å². The van der Waals surface area contributed by atoms with Crippen molar-refractivity contribution in [2.75, 3.05) is 6.61 Å². The van der Waals surface area contributed by atoms with Gasteiger partial charge in [0.15, 0.2) is 6.61 Å². The van der Waals surface area contributed by atoms with Gasteiger partial charge in [0.2, 0.25) is 5.91 Å². The Morgan fingerprint density at radius 2 is 1.67 bits per heavy atom. The molecule has 1 atom stereocenters. The molecule has 0 aliphatic heterocycles. The first-order valence-electron chi connectivity index (χ1n) is 10.6. The molecule has 0 aliphatic rings. The highest BCUT2D eigenvalue weighted by molar-refractivity contribution is 5.88. The highest BCUT2D eigenvalue weighted by atomic mass is 16.5. The standard InChI is InChI=1S/C25H34N2O3/c1-7-23(25(29)26-17(2)3)27(15-21-10-8-9-18(4)12-21)24(28)16-30-22-13-19(5)11-20(6)14-22/h8-14,17,23H,7,15-16H2,1-6H3,(H,26,29)/t23-/m0/s1. The Morgan fingerprint density at radius 1 is 1.00 bits per heavy atom. The van der Waals surface area contributed by atoms with Gasteiger partial charge < -0.3 is 15.0 Å². The molecule has 0 aliphatic carbocycles. The monoisotopic (exact) mass is 410 g/mol. The Bertz CT molecular complexity index is 856. The topological polar surface area (TPSA) is 58.6 Å². The zero-order valence-corrected chi connectivity index (χ0v) is 19.0. The van der Waals surface area contributed by atoms with E-state index >= 15 is 0 Å². The Balaban J connectivity index is 2.23. The number of nitrogens with zero attached hydrogens (tertiary/aromatic N) is 1. The third-order valence-electron chi connectivity index (χ3n) is 4.81. The van der Waals surface area contributed by atoms with Crippen LogP contribution in [-0.2, 0) is 16.1 Å². The summed E-state index contributed by atoms with van der Waals surface area (Å²) in [6, 6.07) is 13.3. The van der Waals surface area contributed by atoms with Crippen LogP contribution in [0.25, 0.3) is 0 Å². The summed E-state index contributed by atoms with van der Waals surface area (Å²) in [6.07, 6.45) is 0.527. The number of rotatable bonds is 9. The minimum absolute atomic E-state index is 0.00832. The zero-order chi connectivity index (χ0) is 22.3. The highest BCUT2D eigenvalue weighted by Crippen LogP contribution is 2.18. The molecular weight excluding hydrogens is 376 g/mol. The van der Waals surface area contributed by atoms with Gasteiger partial charge in [-0.1, -0.05) is 42.8 Å². The number of amides is 2. The second kappa shape index (κ2) is 10.8. The maximum Gasteiger partial charge on any atom is 0.261 e. The van der Waals surface area contributed by atoms with Crippen molar-refractivity contribution < 1.29 is 14.3 Å². The molecule has 2 rings (SSSR count). The molecule has 2 amide bonds. The Kier molecular flexibility index (Phi) is 8.46. The third kappa shape index (κ3) is 6.90. The zero-order valence-electron chi connectivity index (χ0n) is 19.0. The summed E-state index contributed by atoms with van der Waals surface area (Å²) in [6.45, 7) is 12.0. The van der Waals surface area contributed by atoms with Gasteiger partial charge >= 0.3 is 0 Å². The largest absolute Gasteiger partial charge is 0.484 e. The second-order valence-corrected chi connectivity index (χ2v) is 8.21. The number of carbonyl (C=O) groups excluding carboxylic acids is 2. The summed E-state index contributed by atoms with van der Waals surface area (Å²) in [4.78, 5) is 27.6. The fraction of sp³-hybridized carbons (Fsp3) is 0.440. The van der Waals surface area contributed by atoms with Crippen molar-refractivity contribution in [2.45, 2.75) is 66.6 Å². The number of ether oxygens (including phenoxy) is 1. The van der Waals surface area contributed by atoms with Crippen LogP contribution >= 0.6 is 0 Å². The number of benzene rings is 2. The molecular formula is C25H34N2O3. The predicted molar refractivity (Wildman–Crippen MR) is 120 cm³/mol. The molecule has 162 valence electrons. The highest BCUT2D eigenvalue weighted by Gasteiger charge is 2.29. The molecule has 1 N–H and O–H groups in total. The van der Waals surface area contributed by atoms with Gasteiger partial charge in [-0.05, 0) is 69.9 Å². The van der Waals surface area contributed by atoms with E-state index < -0.39 is 6.04 Å². The van der Waals surface area contributed by atoms with E-state index in [-0.39, 0.29) is 24.5 Å². The molecule has 0 fully saturated rings. The van der Waals surface area contributed by atoms with Gasteiger partial charge in [0.1, 0.15) is 11.8 Å². The van der Waals surface area contributed by atoms with E-state index in [0.29, 0.717) is 18.7 Å². The van der Waals surface area contributed by atoms with Crippen LogP contribution in [0.15, 0.2) is 42.5 Å². The van der Waals surface area contributed by atoms with Crippen LogP contribution in [-0.4, -0.2) is 35.4 Å². The fourth-order valence-corrected chi connectivity index (χ4v) is 3.55. The SMILES string of the molecule is CC[C@@H](C(=O)NC(C)C)N(Cc1cccc(C)c1)C(=O)COc1cc(C)cc(C)c1. The molecule has 5 heteroatoms. The van der Waals surface area contributed by atoms with Gasteiger partial charge in [0, 0.05) is 12.6 Å². The first-order valence-corrected chi connectivity index (χ1v) is 10.6. The number of aryl methyl sites for hydroxylation is 3. The van der Waals surface area contributed by atoms with Crippen molar-refractivity contribution in [2.24, 2.45) is 0 Å². The number of nitrogens with one attached hydrogen (secondary N) is 1. The average Bonchev–Trinajstić information content (AvgIpc) is 2.64. The van der Waals surface area contributed by atoms with E-state index in [2.05, 4.69) is 11.4 Å². The van der Waals surface area contributed by atoms with E-state index in [0.717, 1.165) is 22.3 Å². The van der Waals surface area contributed by atoms with Crippen molar-refractivity contribution in [1.82, 2.24) is 10.2 Å². The molecule has 0 saturated carbocycles. The lowest BCUT2D eigenvalue weighted by Crippen LogP contribution is -2.51. The van der Waals surface area contributed by atoms with E-state index in [9.17, 15) is 9.59 Å². The first kappa shape index (κ1) is 23.5. The molecule has 0 radical (unpaired) electrons.